The molecular weight excluding hydrogens is 403 g/mol. The largest absolute Gasteiger partial charge is 0.508 e. The highest BCUT2D eigenvalue weighted by atomic mass is 19.4. The number of amides is 1. The Kier molecular flexibility index (Phi) is 5.82. The predicted octanol–water partition coefficient (Wildman–Crippen LogP) is 5.78. The Morgan fingerprint density at radius 2 is 1.71 bits per heavy atom. The molecule has 1 heterocycles. The first-order chi connectivity index (χ1) is 14.8. The van der Waals surface area contributed by atoms with Gasteiger partial charge >= 0.3 is 6.18 Å². The van der Waals surface area contributed by atoms with Crippen LogP contribution in [0.4, 0.5) is 13.2 Å². The van der Waals surface area contributed by atoms with E-state index in [1.807, 2.05) is 29.2 Å². The smallest absolute Gasteiger partial charge is 0.416 e. The summed E-state index contributed by atoms with van der Waals surface area (Å²) in [5, 5.41) is 9.58. The molecule has 1 saturated heterocycles. The van der Waals surface area contributed by atoms with E-state index in [2.05, 4.69) is 0 Å². The van der Waals surface area contributed by atoms with E-state index in [4.69, 9.17) is 0 Å². The lowest BCUT2D eigenvalue weighted by molar-refractivity contribution is -0.142. The number of halogens is 3. The molecule has 6 heteroatoms. The van der Waals surface area contributed by atoms with Crippen molar-refractivity contribution in [3.05, 3.63) is 71.3 Å². The first-order valence-electron chi connectivity index (χ1n) is 10.7. The number of phenolic OH excluding ortho intramolecular Hbond substituents is 1. The number of nitrogens with zero attached hydrogens (tertiary/aromatic N) is 1. The summed E-state index contributed by atoms with van der Waals surface area (Å²) in [6, 6.07) is 12.1. The zero-order valence-electron chi connectivity index (χ0n) is 17.2. The zero-order valence-corrected chi connectivity index (χ0v) is 17.2. The number of rotatable bonds is 4. The Balaban J connectivity index is 1.44. The number of benzene rings is 2. The van der Waals surface area contributed by atoms with E-state index in [-0.39, 0.29) is 17.6 Å². The van der Waals surface area contributed by atoms with Crippen molar-refractivity contribution < 1.29 is 23.1 Å². The van der Waals surface area contributed by atoms with Crippen LogP contribution in [0.2, 0.25) is 0 Å². The summed E-state index contributed by atoms with van der Waals surface area (Å²) in [7, 11) is 0. The second kappa shape index (κ2) is 8.40. The molecule has 1 N–H and O–H groups in total. The van der Waals surface area contributed by atoms with Crippen LogP contribution in [0.1, 0.15) is 48.8 Å². The van der Waals surface area contributed by atoms with Crippen molar-refractivity contribution in [2.75, 3.05) is 13.1 Å². The van der Waals surface area contributed by atoms with Gasteiger partial charge in [-0.25, -0.2) is 0 Å². The van der Waals surface area contributed by atoms with Gasteiger partial charge in [0.15, 0.2) is 0 Å². The van der Waals surface area contributed by atoms with Gasteiger partial charge in [0.2, 0.25) is 5.91 Å². The lowest BCUT2D eigenvalue weighted by atomic mass is 9.63. The molecule has 1 unspecified atom stereocenters. The number of alkyl halides is 3. The van der Waals surface area contributed by atoms with Gasteiger partial charge in [0, 0.05) is 13.1 Å². The number of carbonyl (C=O) groups is 1. The summed E-state index contributed by atoms with van der Waals surface area (Å²) < 4.78 is 38.2. The summed E-state index contributed by atoms with van der Waals surface area (Å²) in [5.41, 5.74) is 0.534. The Hall–Kier alpha value is -2.76. The minimum atomic E-state index is -4.33. The van der Waals surface area contributed by atoms with Gasteiger partial charge in [-0.05, 0) is 67.0 Å². The molecule has 31 heavy (non-hydrogen) atoms. The highest BCUT2D eigenvalue weighted by Crippen LogP contribution is 2.46. The molecule has 2 aromatic carbocycles. The molecule has 1 atom stereocenters. The Labute approximate surface area is 180 Å². The van der Waals surface area contributed by atoms with Crippen LogP contribution in [0.25, 0.3) is 6.08 Å². The number of piperidine rings is 1. The maximum atomic E-state index is 13.5. The zero-order chi connectivity index (χ0) is 22.1. The second-order valence-electron chi connectivity index (χ2n) is 8.61. The standard InChI is InChI=1S/C25H26F3NO2/c26-25(27,28)21-8-6-18(7-9-21)4-5-19-3-1-16-29(17-19)23(31)24(14-2-15-24)20-10-12-22(30)13-11-20/h4-13,19,30H,1-3,14-17H2/b5-4+. The van der Waals surface area contributed by atoms with Gasteiger partial charge in [-0.15, -0.1) is 0 Å². The van der Waals surface area contributed by atoms with Crippen molar-refractivity contribution in [3.8, 4) is 5.75 Å². The van der Waals surface area contributed by atoms with Gasteiger partial charge in [0.1, 0.15) is 5.75 Å². The first kappa shape index (κ1) is 21.5. The number of aromatic hydroxyl groups is 1. The average Bonchev–Trinajstić information content (AvgIpc) is 2.72. The summed E-state index contributed by atoms with van der Waals surface area (Å²) in [6.45, 7) is 1.35. The molecule has 0 bridgehead atoms. The van der Waals surface area contributed by atoms with Gasteiger partial charge in [0.05, 0.1) is 11.0 Å². The van der Waals surface area contributed by atoms with Crippen molar-refractivity contribution in [2.24, 2.45) is 5.92 Å². The van der Waals surface area contributed by atoms with Crippen LogP contribution < -0.4 is 0 Å². The molecule has 0 spiro atoms. The van der Waals surface area contributed by atoms with Gasteiger partial charge in [-0.3, -0.25) is 4.79 Å². The van der Waals surface area contributed by atoms with E-state index in [1.165, 1.54) is 12.1 Å². The summed E-state index contributed by atoms with van der Waals surface area (Å²) >= 11 is 0. The van der Waals surface area contributed by atoms with E-state index >= 15 is 0 Å². The van der Waals surface area contributed by atoms with E-state index in [0.29, 0.717) is 6.54 Å². The van der Waals surface area contributed by atoms with Crippen LogP contribution >= 0.6 is 0 Å². The lowest BCUT2D eigenvalue weighted by Gasteiger charge is -2.45. The minimum absolute atomic E-state index is 0.150. The lowest BCUT2D eigenvalue weighted by Crippen LogP contribution is -2.53. The van der Waals surface area contributed by atoms with Crippen LogP contribution in [0, 0.1) is 5.92 Å². The van der Waals surface area contributed by atoms with Crippen LogP contribution in [0.3, 0.4) is 0 Å². The molecule has 2 aromatic rings. The van der Waals surface area contributed by atoms with Crippen molar-refractivity contribution in [2.45, 2.75) is 43.7 Å². The summed E-state index contributed by atoms with van der Waals surface area (Å²) in [4.78, 5) is 15.4. The topological polar surface area (TPSA) is 40.5 Å². The quantitative estimate of drug-likeness (QED) is 0.669. The fraction of sp³-hybridized carbons (Fsp3) is 0.400. The summed E-state index contributed by atoms with van der Waals surface area (Å²) in [5.74, 6) is 0.520. The third-order valence-electron chi connectivity index (χ3n) is 6.58. The molecule has 1 aliphatic carbocycles. The summed E-state index contributed by atoms with van der Waals surface area (Å²) in [6.07, 6.45) is 4.03. The third kappa shape index (κ3) is 4.48. The normalized spacial score (nSPS) is 21.1. The van der Waals surface area contributed by atoms with Gasteiger partial charge in [0.25, 0.3) is 0 Å². The molecule has 164 valence electrons. The number of hydrogen-bond acceptors (Lipinski definition) is 2. The number of likely N-dealkylation sites (tertiary alicyclic amines) is 1. The minimum Gasteiger partial charge on any atom is -0.508 e. The SMILES string of the molecule is O=C(N1CCCC(/C=C/c2ccc(C(F)(F)F)cc2)C1)C1(c2ccc(O)cc2)CCC1. The van der Waals surface area contributed by atoms with Gasteiger partial charge < -0.3 is 10.0 Å². The van der Waals surface area contributed by atoms with E-state index in [1.54, 1.807) is 12.1 Å². The van der Waals surface area contributed by atoms with E-state index in [0.717, 1.165) is 61.9 Å². The maximum absolute atomic E-state index is 13.5. The average molecular weight is 429 g/mol. The van der Waals surface area contributed by atoms with Gasteiger partial charge in [-0.1, -0.05) is 42.8 Å². The van der Waals surface area contributed by atoms with E-state index < -0.39 is 17.2 Å². The third-order valence-corrected chi connectivity index (χ3v) is 6.58. The molecule has 0 aromatic heterocycles. The van der Waals surface area contributed by atoms with E-state index in [9.17, 15) is 23.1 Å². The van der Waals surface area contributed by atoms with Crippen LogP contribution in [0.5, 0.6) is 5.75 Å². The molecular formula is C25H26F3NO2. The molecule has 1 amide bonds. The Morgan fingerprint density at radius 3 is 2.29 bits per heavy atom. The van der Waals surface area contributed by atoms with Crippen molar-refractivity contribution in [1.29, 1.82) is 0 Å². The van der Waals surface area contributed by atoms with Gasteiger partial charge in [-0.2, -0.15) is 13.2 Å². The number of carbonyl (C=O) groups excluding carboxylic acids is 1. The fourth-order valence-corrected chi connectivity index (χ4v) is 4.62. The number of phenols is 1. The molecule has 1 saturated carbocycles. The molecule has 2 fully saturated rings. The maximum Gasteiger partial charge on any atom is 0.416 e. The first-order valence-corrected chi connectivity index (χ1v) is 10.7. The van der Waals surface area contributed by atoms with Crippen LogP contribution in [-0.4, -0.2) is 29.0 Å². The molecule has 4 rings (SSSR count). The number of hydrogen-bond donors (Lipinski definition) is 1. The molecule has 1 aliphatic heterocycles. The molecule has 0 radical (unpaired) electrons. The van der Waals surface area contributed by atoms with Crippen molar-refractivity contribution in [3.63, 3.8) is 0 Å². The predicted molar refractivity (Wildman–Crippen MR) is 113 cm³/mol. The van der Waals surface area contributed by atoms with Crippen molar-refractivity contribution >= 4 is 12.0 Å². The van der Waals surface area contributed by atoms with Crippen LogP contribution in [0.15, 0.2) is 54.6 Å². The monoisotopic (exact) mass is 429 g/mol. The fourth-order valence-electron chi connectivity index (χ4n) is 4.62. The molecule has 3 nitrogen and oxygen atoms in total. The Morgan fingerprint density at radius 1 is 1.03 bits per heavy atom. The highest BCUT2D eigenvalue weighted by molar-refractivity contribution is 5.89. The van der Waals surface area contributed by atoms with Crippen molar-refractivity contribution in [1.82, 2.24) is 4.90 Å². The highest BCUT2D eigenvalue weighted by Gasteiger charge is 2.48. The molecule has 2 aliphatic rings. The van der Waals surface area contributed by atoms with Crippen LogP contribution in [-0.2, 0) is 16.4 Å². The Bertz CT molecular complexity index is 944. The second-order valence-corrected chi connectivity index (χ2v) is 8.61.